The number of ether oxygens (including phenoxy) is 1. The molecular formula is C14H22NO2+. The molecule has 1 aromatic rings. The van der Waals surface area contributed by atoms with Crippen LogP contribution < -0.4 is 9.64 Å². The van der Waals surface area contributed by atoms with Crippen molar-refractivity contribution in [2.45, 2.75) is 32.4 Å². The molecule has 1 aliphatic heterocycles. The Morgan fingerprint density at radius 3 is 2.71 bits per heavy atom. The van der Waals surface area contributed by atoms with Gasteiger partial charge < -0.3 is 14.7 Å². The summed E-state index contributed by atoms with van der Waals surface area (Å²) in [4.78, 5) is 1.54. The molecule has 3 heteroatoms. The molecule has 0 amide bonds. The summed E-state index contributed by atoms with van der Waals surface area (Å²) >= 11 is 0. The fraction of sp³-hybridized carbons (Fsp3) is 0.571. The molecule has 1 aromatic carbocycles. The average molecular weight is 236 g/mol. The van der Waals surface area contributed by atoms with E-state index in [1.807, 2.05) is 19.1 Å². The van der Waals surface area contributed by atoms with Crippen molar-refractivity contribution in [3.8, 4) is 5.75 Å². The lowest BCUT2D eigenvalue weighted by molar-refractivity contribution is -0.919. The Kier molecular flexibility index (Phi) is 4.40. The Labute approximate surface area is 103 Å². The average Bonchev–Trinajstić information content (AvgIpc) is 2.35. The predicted octanol–water partition coefficient (Wildman–Crippen LogP) is 0.625. The van der Waals surface area contributed by atoms with Crippen LogP contribution in [-0.2, 0) is 6.54 Å². The Morgan fingerprint density at radius 2 is 2.00 bits per heavy atom. The van der Waals surface area contributed by atoms with Crippen LogP contribution in [0.1, 0.15) is 25.3 Å². The van der Waals surface area contributed by atoms with Crippen LogP contribution in [0, 0.1) is 0 Å². The molecule has 2 N–H and O–H groups in total. The molecule has 2 rings (SSSR count). The summed E-state index contributed by atoms with van der Waals surface area (Å²) in [5.41, 5.74) is 1.28. The lowest BCUT2D eigenvalue weighted by atomic mass is 10.1. The minimum atomic E-state index is -0.0825. The number of benzene rings is 1. The topological polar surface area (TPSA) is 33.9 Å². The van der Waals surface area contributed by atoms with Crippen LogP contribution in [0.15, 0.2) is 24.3 Å². The third kappa shape index (κ3) is 3.45. The highest BCUT2D eigenvalue weighted by atomic mass is 16.5. The van der Waals surface area contributed by atoms with Gasteiger partial charge >= 0.3 is 0 Å². The molecule has 1 aliphatic rings. The molecule has 3 nitrogen and oxygen atoms in total. The molecule has 1 saturated heterocycles. The Bertz CT molecular complexity index is 346. The minimum absolute atomic E-state index is 0.0825. The van der Waals surface area contributed by atoms with Gasteiger partial charge in [0.05, 0.1) is 25.8 Å². The number of piperidine rings is 1. The third-order valence-electron chi connectivity index (χ3n) is 3.38. The summed E-state index contributed by atoms with van der Waals surface area (Å²) in [6.45, 7) is 5.85. The predicted molar refractivity (Wildman–Crippen MR) is 67.3 cm³/mol. The van der Waals surface area contributed by atoms with Crippen molar-refractivity contribution in [1.82, 2.24) is 0 Å². The summed E-state index contributed by atoms with van der Waals surface area (Å²) in [5.74, 6) is 1.01. The molecule has 0 unspecified atom stereocenters. The smallest absolute Gasteiger partial charge is 0.128 e. The lowest BCUT2D eigenvalue weighted by Crippen LogP contribution is -3.12. The van der Waals surface area contributed by atoms with Gasteiger partial charge in [0, 0.05) is 18.4 Å². The van der Waals surface area contributed by atoms with E-state index in [-0.39, 0.29) is 6.10 Å². The highest BCUT2D eigenvalue weighted by Crippen LogP contribution is 2.16. The molecule has 0 aromatic heterocycles. The number of nitrogens with one attached hydrogen (secondary N) is 1. The number of likely N-dealkylation sites (tertiary alicyclic amines) is 1. The van der Waals surface area contributed by atoms with E-state index in [9.17, 15) is 5.11 Å². The van der Waals surface area contributed by atoms with E-state index in [1.165, 1.54) is 5.56 Å². The van der Waals surface area contributed by atoms with Gasteiger partial charge in [0.15, 0.2) is 0 Å². The van der Waals surface area contributed by atoms with Crippen LogP contribution in [0.2, 0.25) is 0 Å². The fourth-order valence-electron chi connectivity index (χ4n) is 2.40. The van der Waals surface area contributed by atoms with E-state index < -0.39 is 0 Å². The minimum Gasteiger partial charge on any atom is -0.493 e. The first-order valence-electron chi connectivity index (χ1n) is 6.52. The second-order valence-electron chi connectivity index (χ2n) is 4.70. The quantitative estimate of drug-likeness (QED) is 0.804. The van der Waals surface area contributed by atoms with Gasteiger partial charge in [-0.15, -0.1) is 0 Å². The van der Waals surface area contributed by atoms with E-state index in [0.717, 1.165) is 38.2 Å². The van der Waals surface area contributed by atoms with Gasteiger partial charge in [-0.25, -0.2) is 0 Å². The van der Waals surface area contributed by atoms with E-state index in [1.54, 1.807) is 4.90 Å². The van der Waals surface area contributed by atoms with E-state index >= 15 is 0 Å². The van der Waals surface area contributed by atoms with Gasteiger partial charge in [-0.1, -0.05) is 12.1 Å². The van der Waals surface area contributed by atoms with Crippen molar-refractivity contribution in [1.29, 1.82) is 0 Å². The Balaban J connectivity index is 1.98. The largest absolute Gasteiger partial charge is 0.493 e. The fourth-order valence-corrected chi connectivity index (χ4v) is 2.40. The zero-order chi connectivity index (χ0) is 12.1. The number of hydrogen-bond donors (Lipinski definition) is 2. The number of rotatable bonds is 4. The summed E-state index contributed by atoms with van der Waals surface area (Å²) in [6.07, 6.45) is 1.76. The first-order valence-corrected chi connectivity index (χ1v) is 6.52. The van der Waals surface area contributed by atoms with E-state index in [2.05, 4.69) is 12.1 Å². The maximum Gasteiger partial charge on any atom is 0.128 e. The normalized spacial score (nSPS) is 24.6. The monoisotopic (exact) mass is 236 g/mol. The zero-order valence-corrected chi connectivity index (χ0v) is 10.5. The van der Waals surface area contributed by atoms with Crippen LogP contribution in [0.4, 0.5) is 0 Å². The molecule has 0 atom stereocenters. The van der Waals surface area contributed by atoms with Crippen LogP contribution in [-0.4, -0.2) is 30.9 Å². The van der Waals surface area contributed by atoms with Crippen molar-refractivity contribution in [3.63, 3.8) is 0 Å². The van der Waals surface area contributed by atoms with Crippen molar-refractivity contribution < 1.29 is 14.7 Å². The first-order chi connectivity index (χ1) is 8.29. The number of para-hydroxylation sites is 1. The molecular weight excluding hydrogens is 214 g/mol. The Morgan fingerprint density at radius 1 is 1.29 bits per heavy atom. The number of quaternary nitrogens is 1. The van der Waals surface area contributed by atoms with Gasteiger partial charge in [0.2, 0.25) is 0 Å². The molecule has 1 fully saturated rings. The number of aliphatic hydroxyl groups is 1. The highest BCUT2D eigenvalue weighted by Gasteiger charge is 2.21. The molecule has 1 heterocycles. The van der Waals surface area contributed by atoms with Gasteiger partial charge in [0.25, 0.3) is 0 Å². The Hall–Kier alpha value is -1.06. The third-order valence-corrected chi connectivity index (χ3v) is 3.38. The van der Waals surface area contributed by atoms with Gasteiger partial charge in [-0.2, -0.15) is 0 Å². The van der Waals surface area contributed by atoms with Crippen molar-refractivity contribution in [2.24, 2.45) is 0 Å². The number of aliphatic hydroxyl groups excluding tert-OH is 1. The second-order valence-corrected chi connectivity index (χ2v) is 4.70. The summed E-state index contributed by atoms with van der Waals surface area (Å²) < 4.78 is 5.64. The van der Waals surface area contributed by atoms with Gasteiger partial charge in [-0.05, 0) is 19.1 Å². The number of hydrogen-bond acceptors (Lipinski definition) is 2. The van der Waals surface area contributed by atoms with Gasteiger partial charge in [-0.3, -0.25) is 0 Å². The van der Waals surface area contributed by atoms with Crippen LogP contribution >= 0.6 is 0 Å². The van der Waals surface area contributed by atoms with Crippen molar-refractivity contribution >= 4 is 0 Å². The molecule has 0 aliphatic carbocycles. The molecule has 0 spiro atoms. The molecule has 0 bridgehead atoms. The van der Waals surface area contributed by atoms with Crippen LogP contribution in [0.5, 0.6) is 5.75 Å². The standard InChI is InChI=1S/C14H21NO2/c1-2-17-14-6-4-3-5-12(14)11-15-9-7-13(16)8-10-15/h3-6,13,16H,2,7-11H2,1H3/p+1. The van der Waals surface area contributed by atoms with Gasteiger partial charge in [0.1, 0.15) is 12.3 Å². The molecule has 17 heavy (non-hydrogen) atoms. The summed E-state index contributed by atoms with van der Waals surface area (Å²) in [6, 6.07) is 8.26. The molecule has 0 saturated carbocycles. The summed E-state index contributed by atoms with van der Waals surface area (Å²) in [5, 5.41) is 9.49. The maximum absolute atomic E-state index is 9.49. The zero-order valence-electron chi connectivity index (χ0n) is 10.5. The van der Waals surface area contributed by atoms with Crippen LogP contribution in [0.3, 0.4) is 0 Å². The lowest BCUT2D eigenvalue weighted by Gasteiger charge is -2.27. The van der Waals surface area contributed by atoms with Crippen molar-refractivity contribution in [2.75, 3.05) is 19.7 Å². The summed E-state index contributed by atoms with van der Waals surface area (Å²) in [7, 11) is 0. The maximum atomic E-state index is 9.49. The first kappa shape index (κ1) is 12.4. The highest BCUT2D eigenvalue weighted by molar-refractivity contribution is 5.32. The van der Waals surface area contributed by atoms with E-state index in [0.29, 0.717) is 6.61 Å². The molecule has 94 valence electrons. The molecule has 0 radical (unpaired) electrons. The SMILES string of the molecule is CCOc1ccccc1C[NH+]1CCC(O)CC1. The second kappa shape index (κ2) is 6.03. The van der Waals surface area contributed by atoms with Crippen molar-refractivity contribution in [3.05, 3.63) is 29.8 Å². The van der Waals surface area contributed by atoms with E-state index in [4.69, 9.17) is 4.74 Å². The van der Waals surface area contributed by atoms with Crippen LogP contribution in [0.25, 0.3) is 0 Å².